The molecular weight excluding hydrogens is 308 g/mol. The molecule has 7 heteroatoms. The first-order valence-corrected chi connectivity index (χ1v) is 7.51. The molecule has 0 atom stereocenters. The van der Waals surface area contributed by atoms with Crippen LogP contribution in [0.25, 0.3) is 21.9 Å². The normalized spacial score (nSPS) is 10.9. The van der Waals surface area contributed by atoms with Crippen LogP contribution in [0.5, 0.6) is 0 Å². The van der Waals surface area contributed by atoms with Crippen molar-refractivity contribution in [3.05, 3.63) is 40.4 Å². The Hall–Kier alpha value is -3.14. The molecule has 0 spiro atoms. The van der Waals surface area contributed by atoms with Crippen LogP contribution >= 0.6 is 0 Å². The van der Waals surface area contributed by atoms with Crippen molar-refractivity contribution in [2.45, 2.75) is 19.9 Å². The number of nitrogens with zero attached hydrogens (tertiary/aromatic N) is 4. The number of hydrogen-bond acceptors (Lipinski definition) is 5. The summed E-state index contributed by atoms with van der Waals surface area (Å²) in [6, 6.07) is 7.51. The predicted molar refractivity (Wildman–Crippen MR) is 88.4 cm³/mol. The van der Waals surface area contributed by atoms with E-state index in [0.717, 1.165) is 10.9 Å². The van der Waals surface area contributed by atoms with Crippen LogP contribution < -0.4 is 5.63 Å². The van der Waals surface area contributed by atoms with Gasteiger partial charge in [-0.1, -0.05) is 11.6 Å². The molecule has 1 aromatic carbocycles. The molecule has 0 bridgehead atoms. The lowest BCUT2D eigenvalue weighted by atomic mass is 10.1. The van der Waals surface area contributed by atoms with Gasteiger partial charge in [-0.15, -0.1) is 0 Å². The van der Waals surface area contributed by atoms with Gasteiger partial charge >= 0.3 is 5.63 Å². The summed E-state index contributed by atoms with van der Waals surface area (Å²) in [5.74, 6) is -0.177. The van der Waals surface area contributed by atoms with Crippen LogP contribution in [0.2, 0.25) is 0 Å². The van der Waals surface area contributed by atoms with Gasteiger partial charge in [-0.05, 0) is 19.1 Å². The minimum absolute atomic E-state index is 0.00206. The topological polar surface area (TPSA) is 92.1 Å². The zero-order valence-electron chi connectivity index (χ0n) is 13.4. The highest BCUT2D eigenvalue weighted by Gasteiger charge is 2.16. The molecule has 24 heavy (non-hydrogen) atoms. The quantitative estimate of drug-likeness (QED) is 0.683. The first kappa shape index (κ1) is 15.7. The number of aryl methyl sites for hydroxylation is 1. The Bertz CT molecular complexity index is 1030. The Morgan fingerprint density at radius 2 is 2.21 bits per heavy atom. The lowest BCUT2D eigenvalue weighted by Crippen LogP contribution is -2.31. The summed E-state index contributed by atoms with van der Waals surface area (Å²) >= 11 is 0. The number of rotatable bonds is 4. The summed E-state index contributed by atoms with van der Waals surface area (Å²) in [6.45, 7) is 2.30. The van der Waals surface area contributed by atoms with E-state index in [4.69, 9.17) is 9.68 Å². The van der Waals surface area contributed by atoms with Crippen molar-refractivity contribution in [1.82, 2.24) is 14.7 Å². The van der Waals surface area contributed by atoms with Gasteiger partial charge < -0.3 is 9.32 Å². The average Bonchev–Trinajstić information content (AvgIpc) is 2.98. The van der Waals surface area contributed by atoms with Crippen LogP contribution in [-0.2, 0) is 11.3 Å². The highest BCUT2D eigenvalue weighted by atomic mass is 16.4. The van der Waals surface area contributed by atoms with Crippen molar-refractivity contribution in [2.75, 3.05) is 13.6 Å². The van der Waals surface area contributed by atoms with E-state index in [9.17, 15) is 9.59 Å². The molecule has 0 aliphatic heterocycles. The molecule has 0 saturated heterocycles. The molecular formula is C17H16N4O3. The highest BCUT2D eigenvalue weighted by Crippen LogP contribution is 2.23. The summed E-state index contributed by atoms with van der Waals surface area (Å²) in [4.78, 5) is 25.9. The number of benzene rings is 1. The summed E-state index contributed by atoms with van der Waals surface area (Å²) in [6.07, 6.45) is 1.69. The maximum atomic E-state index is 12.3. The molecule has 0 unspecified atom stereocenters. The van der Waals surface area contributed by atoms with Crippen LogP contribution in [0.1, 0.15) is 12.0 Å². The Balaban J connectivity index is 2.08. The molecule has 3 aromatic rings. The third-order valence-corrected chi connectivity index (χ3v) is 3.92. The summed E-state index contributed by atoms with van der Waals surface area (Å²) < 4.78 is 6.82. The highest BCUT2D eigenvalue weighted by molar-refractivity contribution is 6.02. The molecule has 0 aliphatic carbocycles. The van der Waals surface area contributed by atoms with Gasteiger partial charge in [0.25, 0.3) is 0 Å². The lowest BCUT2D eigenvalue weighted by molar-refractivity contribution is -0.130. The average molecular weight is 324 g/mol. The van der Waals surface area contributed by atoms with Gasteiger partial charge in [0, 0.05) is 19.0 Å². The van der Waals surface area contributed by atoms with Crippen molar-refractivity contribution in [3.8, 4) is 6.07 Å². The molecule has 0 saturated carbocycles. The van der Waals surface area contributed by atoms with Crippen LogP contribution in [-0.4, -0.2) is 34.2 Å². The third-order valence-electron chi connectivity index (χ3n) is 3.92. The fraction of sp³-hybridized carbons (Fsp3) is 0.294. The van der Waals surface area contributed by atoms with Crippen LogP contribution in [0.3, 0.4) is 0 Å². The first-order valence-electron chi connectivity index (χ1n) is 7.51. The van der Waals surface area contributed by atoms with Gasteiger partial charge in [0.2, 0.25) is 5.91 Å². The first-order chi connectivity index (χ1) is 11.5. The van der Waals surface area contributed by atoms with Crippen molar-refractivity contribution in [2.24, 2.45) is 0 Å². The SMILES string of the molecule is Cc1ccc2oc(=O)c3cnn(CC(=O)N(C)CCC#N)c3c2c1. The number of nitriles is 1. The minimum Gasteiger partial charge on any atom is -0.422 e. The molecule has 2 aromatic heterocycles. The molecule has 1 amide bonds. The summed E-state index contributed by atoms with van der Waals surface area (Å²) in [7, 11) is 1.64. The number of carbonyl (C=O) groups is 1. The molecule has 7 nitrogen and oxygen atoms in total. The second-order valence-corrected chi connectivity index (χ2v) is 5.68. The second kappa shape index (κ2) is 6.16. The maximum Gasteiger partial charge on any atom is 0.347 e. The number of amides is 1. The van der Waals surface area contributed by atoms with E-state index in [1.807, 2.05) is 25.1 Å². The van der Waals surface area contributed by atoms with Crippen LogP contribution in [0.4, 0.5) is 0 Å². The summed E-state index contributed by atoms with van der Waals surface area (Å²) in [5.41, 5.74) is 1.60. The smallest absolute Gasteiger partial charge is 0.347 e. The number of fused-ring (bicyclic) bond motifs is 3. The van der Waals surface area contributed by atoms with E-state index >= 15 is 0 Å². The number of carbonyl (C=O) groups excluding carboxylic acids is 1. The van der Waals surface area contributed by atoms with Crippen molar-refractivity contribution >= 4 is 27.8 Å². The van der Waals surface area contributed by atoms with Crippen molar-refractivity contribution in [1.29, 1.82) is 5.26 Å². The third kappa shape index (κ3) is 2.74. The van der Waals surface area contributed by atoms with Gasteiger partial charge in [0.15, 0.2) is 0 Å². The number of hydrogen-bond donors (Lipinski definition) is 0. The predicted octanol–water partition coefficient (Wildman–Crippen LogP) is 1.82. The Morgan fingerprint density at radius 3 is 2.96 bits per heavy atom. The van der Waals surface area contributed by atoms with Gasteiger partial charge in [0.1, 0.15) is 17.5 Å². The molecule has 3 rings (SSSR count). The molecule has 0 fully saturated rings. The van der Waals surface area contributed by atoms with Crippen LogP contribution in [0, 0.1) is 18.3 Å². The number of aromatic nitrogens is 2. The van der Waals surface area contributed by atoms with E-state index in [0.29, 0.717) is 23.0 Å². The van der Waals surface area contributed by atoms with Crippen LogP contribution in [0.15, 0.2) is 33.6 Å². The Labute approximate surface area is 137 Å². The molecule has 0 radical (unpaired) electrons. The van der Waals surface area contributed by atoms with Gasteiger partial charge in [-0.25, -0.2) is 4.79 Å². The van der Waals surface area contributed by atoms with Gasteiger partial charge in [0.05, 0.1) is 24.2 Å². The Kier molecular flexibility index (Phi) is 4.04. The largest absolute Gasteiger partial charge is 0.422 e. The molecule has 0 aliphatic rings. The summed E-state index contributed by atoms with van der Waals surface area (Å²) in [5, 5.41) is 13.9. The van der Waals surface area contributed by atoms with Crippen molar-refractivity contribution in [3.63, 3.8) is 0 Å². The van der Waals surface area contributed by atoms with E-state index in [1.54, 1.807) is 13.1 Å². The van der Waals surface area contributed by atoms with E-state index in [2.05, 4.69) is 5.10 Å². The lowest BCUT2D eigenvalue weighted by Gasteiger charge is -2.15. The van der Waals surface area contributed by atoms with Gasteiger partial charge in [-0.2, -0.15) is 10.4 Å². The number of likely N-dealkylation sites (N-methyl/N-ethyl adjacent to an activating group) is 1. The maximum absolute atomic E-state index is 12.3. The Morgan fingerprint density at radius 1 is 1.42 bits per heavy atom. The zero-order valence-corrected chi connectivity index (χ0v) is 13.4. The van der Waals surface area contributed by atoms with E-state index in [1.165, 1.54) is 15.8 Å². The van der Waals surface area contributed by atoms with E-state index in [-0.39, 0.29) is 18.9 Å². The standard InChI is InChI=1S/C17H16N4O3/c1-11-4-5-14-12(8-11)16-13(17(23)24-14)9-19-21(16)10-15(22)20(2)7-3-6-18/h4-5,8-9H,3,7,10H2,1-2H3. The fourth-order valence-corrected chi connectivity index (χ4v) is 2.60. The molecule has 2 heterocycles. The van der Waals surface area contributed by atoms with Gasteiger partial charge in [-0.3, -0.25) is 9.48 Å². The molecule has 0 N–H and O–H groups in total. The second-order valence-electron chi connectivity index (χ2n) is 5.68. The monoisotopic (exact) mass is 324 g/mol. The zero-order chi connectivity index (χ0) is 17.3. The molecule has 122 valence electrons. The fourth-order valence-electron chi connectivity index (χ4n) is 2.60. The minimum atomic E-state index is -0.474. The van der Waals surface area contributed by atoms with Crippen molar-refractivity contribution < 1.29 is 9.21 Å². The van der Waals surface area contributed by atoms with E-state index < -0.39 is 5.63 Å².